The van der Waals surface area contributed by atoms with E-state index in [4.69, 9.17) is 0 Å². The Balaban J connectivity index is 2.21. The number of allylic oxidation sites excluding steroid dienone is 4. The van der Waals surface area contributed by atoms with Gasteiger partial charge in [0.1, 0.15) is 0 Å². The molecule has 0 saturated heterocycles. The summed E-state index contributed by atoms with van der Waals surface area (Å²) >= 11 is 0. The van der Waals surface area contributed by atoms with Crippen LogP contribution in [0.15, 0.2) is 22.8 Å². The van der Waals surface area contributed by atoms with Crippen molar-refractivity contribution in [3.05, 3.63) is 22.8 Å². The van der Waals surface area contributed by atoms with Crippen molar-refractivity contribution in [3.63, 3.8) is 0 Å². The summed E-state index contributed by atoms with van der Waals surface area (Å²) in [6, 6.07) is 0. The zero-order chi connectivity index (χ0) is 10.4. The molecule has 0 aliphatic heterocycles. The molecule has 1 aliphatic carbocycles. The monoisotopic (exact) mass is 192 g/mol. The average Bonchev–Trinajstić information content (AvgIpc) is 2.18. The van der Waals surface area contributed by atoms with E-state index < -0.39 is 0 Å². The highest BCUT2D eigenvalue weighted by atomic mass is 14.1. The van der Waals surface area contributed by atoms with Gasteiger partial charge in [0.2, 0.25) is 0 Å². The second kappa shape index (κ2) is 6.06. The largest absolute Gasteiger partial charge is 0.0809 e. The zero-order valence-electron chi connectivity index (χ0n) is 10.0. The van der Waals surface area contributed by atoms with E-state index in [2.05, 4.69) is 26.8 Å². The van der Waals surface area contributed by atoms with E-state index in [9.17, 15) is 0 Å². The highest BCUT2D eigenvalue weighted by molar-refractivity contribution is 5.26. The van der Waals surface area contributed by atoms with Gasteiger partial charge >= 0.3 is 0 Å². The van der Waals surface area contributed by atoms with E-state index in [0.717, 1.165) is 0 Å². The molecule has 80 valence electrons. The summed E-state index contributed by atoms with van der Waals surface area (Å²) in [4.78, 5) is 0. The summed E-state index contributed by atoms with van der Waals surface area (Å²) in [6.45, 7) is 6.82. The highest BCUT2D eigenvalue weighted by Crippen LogP contribution is 2.26. The summed E-state index contributed by atoms with van der Waals surface area (Å²) in [5.74, 6) is 0. The van der Waals surface area contributed by atoms with Crippen LogP contribution in [0.5, 0.6) is 0 Å². The van der Waals surface area contributed by atoms with Crippen LogP contribution in [-0.2, 0) is 0 Å². The molecule has 0 aromatic rings. The van der Waals surface area contributed by atoms with E-state index in [1.165, 1.54) is 44.9 Å². The maximum Gasteiger partial charge on any atom is -0.0108 e. The number of hydrogen-bond acceptors (Lipinski definition) is 0. The summed E-state index contributed by atoms with van der Waals surface area (Å²) in [5.41, 5.74) is 4.88. The standard InChI is InChI=1S/C14H24/c1-4-5-6-7-8-14-10-9-12(2)13(3)11-14/h10H,4-9,11H2,1-3H3. The Morgan fingerprint density at radius 1 is 1.07 bits per heavy atom. The third-order valence-corrected chi connectivity index (χ3v) is 3.27. The van der Waals surface area contributed by atoms with Gasteiger partial charge < -0.3 is 0 Å². The molecule has 0 saturated carbocycles. The molecule has 0 unspecified atom stereocenters. The lowest BCUT2D eigenvalue weighted by Crippen LogP contribution is -1.96. The van der Waals surface area contributed by atoms with Crippen LogP contribution in [0, 0.1) is 0 Å². The fourth-order valence-corrected chi connectivity index (χ4v) is 2.00. The second-order valence-corrected chi connectivity index (χ2v) is 4.61. The van der Waals surface area contributed by atoms with Crippen LogP contribution in [0.2, 0.25) is 0 Å². The smallest absolute Gasteiger partial charge is 0.0108 e. The summed E-state index contributed by atoms with van der Waals surface area (Å²) < 4.78 is 0. The van der Waals surface area contributed by atoms with Crippen LogP contribution in [0.3, 0.4) is 0 Å². The van der Waals surface area contributed by atoms with Gasteiger partial charge in [0.15, 0.2) is 0 Å². The maximum atomic E-state index is 2.45. The van der Waals surface area contributed by atoms with Crippen LogP contribution in [0.1, 0.15) is 65.7 Å². The molecule has 0 heterocycles. The SMILES string of the molecule is CCCCCCC1=CCC(C)=C(C)C1. The van der Waals surface area contributed by atoms with Crippen molar-refractivity contribution in [1.82, 2.24) is 0 Å². The molecule has 0 aromatic heterocycles. The predicted octanol–water partition coefficient (Wildman–Crippen LogP) is 5.01. The van der Waals surface area contributed by atoms with Crippen LogP contribution < -0.4 is 0 Å². The molecular formula is C14H24. The quantitative estimate of drug-likeness (QED) is 0.424. The first-order chi connectivity index (χ1) is 6.74. The third kappa shape index (κ3) is 3.69. The van der Waals surface area contributed by atoms with Crippen molar-refractivity contribution in [2.45, 2.75) is 65.7 Å². The van der Waals surface area contributed by atoms with Crippen molar-refractivity contribution in [3.8, 4) is 0 Å². The summed E-state index contributed by atoms with van der Waals surface area (Å²) in [5, 5.41) is 0. The summed E-state index contributed by atoms with van der Waals surface area (Å²) in [6.07, 6.45) is 11.8. The van der Waals surface area contributed by atoms with E-state index in [1.54, 1.807) is 16.7 Å². The molecule has 0 atom stereocenters. The lowest BCUT2D eigenvalue weighted by Gasteiger charge is -2.16. The van der Waals surface area contributed by atoms with Gasteiger partial charge in [-0.2, -0.15) is 0 Å². The number of rotatable bonds is 5. The molecular weight excluding hydrogens is 168 g/mol. The molecule has 0 heteroatoms. The Bertz CT molecular complexity index is 230. The van der Waals surface area contributed by atoms with Gasteiger partial charge in [-0.15, -0.1) is 0 Å². The number of hydrogen-bond donors (Lipinski definition) is 0. The Morgan fingerprint density at radius 3 is 2.50 bits per heavy atom. The van der Waals surface area contributed by atoms with Crippen LogP contribution in [0.4, 0.5) is 0 Å². The lowest BCUT2D eigenvalue weighted by atomic mass is 9.91. The minimum Gasteiger partial charge on any atom is -0.0809 e. The maximum absolute atomic E-state index is 2.45. The summed E-state index contributed by atoms with van der Waals surface area (Å²) in [7, 11) is 0. The molecule has 1 aliphatic rings. The van der Waals surface area contributed by atoms with Crippen LogP contribution in [0.25, 0.3) is 0 Å². The van der Waals surface area contributed by atoms with Gasteiger partial charge in [-0.25, -0.2) is 0 Å². The van der Waals surface area contributed by atoms with Gasteiger partial charge in [0.25, 0.3) is 0 Å². The Labute approximate surface area is 89.1 Å². The van der Waals surface area contributed by atoms with Crippen molar-refractivity contribution < 1.29 is 0 Å². The Hall–Kier alpha value is -0.520. The third-order valence-electron chi connectivity index (χ3n) is 3.27. The molecule has 0 N–H and O–H groups in total. The average molecular weight is 192 g/mol. The van der Waals surface area contributed by atoms with Gasteiger partial charge in [-0.05, 0) is 39.5 Å². The molecule has 1 rings (SSSR count). The predicted molar refractivity (Wildman–Crippen MR) is 64.5 cm³/mol. The Kier molecular flexibility index (Phi) is 5.00. The molecule has 0 nitrogen and oxygen atoms in total. The molecule has 0 spiro atoms. The minimum atomic E-state index is 1.20. The van der Waals surface area contributed by atoms with Gasteiger partial charge in [-0.1, -0.05) is 49.0 Å². The van der Waals surface area contributed by atoms with Crippen LogP contribution >= 0.6 is 0 Å². The van der Waals surface area contributed by atoms with Crippen molar-refractivity contribution >= 4 is 0 Å². The van der Waals surface area contributed by atoms with Crippen molar-refractivity contribution in [2.75, 3.05) is 0 Å². The second-order valence-electron chi connectivity index (χ2n) is 4.61. The van der Waals surface area contributed by atoms with E-state index >= 15 is 0 Å². The topological polar surface area (TPSA) is 0 Å². The molecule has 0 amide bonds. The molecule has 0 fully saturated rings. The molecule has 14 heavy (non-hydrogen) atoms. The van der Waals surface area contributed by atoms with Crippen molar-refractivity contribution in [2.24, 2.45) is 0 Å². The minimum absolute atomic E-state index is 1.20. The van der Waals surface area contributed by atoms with Gasteiger partial charge in [0, 0.05) is 0 Å². The van der Waals surface area contributed by atoms with Crippen LogP contribution in [-0.4, -0.2) is 0 Å². The molecule has 0 radical (unpaired) electrons. The highest BCUT2D eigenvalue weighted by Gasteiger charge is 2.06. The van der Waals surface area contributed by atoms with Crippen molar-refractivity contribution in [1.29, 1.82) is 0 Å². The number of unbranched alkanes of at least 4 members (excludes halogenated alkanes) is 3. The fraction of sp³-hybridized carbons (Fsp3) is 0.714. The zero-order valence-corrected chi connectivity index (χ0v) is 10.0. The van der Waals surface area contributed by atoms with Gasteiger partial charge in [0.05, 0.1) is 0 Å². The molecule has 0 aromatic carbocycles. The van der Waals surface area contributed by atoms with E-state index in [0.29, 0.717) is 0 Å². The Morgan fingerprint density at radius 2 is 1.86 bits per heavy atom. The van der Waals surface area contributed by atoms with E-state index in [1.807, 2.05) is 0 Å². The first kappa shape index (κ1) is 11.6. The first-order valence-electron chi connectivity index (χ1n) is 6.07. The lowest BCUT2D eigenvalue weighted by molar-refractivity contribution is 0.656. The molecule has 0 bridgehead atoms. The van der Waals surface area contributed by atoms with Gasteiger partial charge in [-0.3, -0.25) is 0 Å². The fourth-order valence-electron chi connectivity index (χ4n) is 2.00. The normalized spacial score (nSPS) is 17.2. The van der Waals surface area contributed by atoms with E-state index in [-0.39, 0.29) is 0 Å². The first-order valence-corrected chi connectivity index (χ1v) is 6.07.